The second kappa shape index (κ2) is 6.57. The zero-order valence-electron chi connectivity index (χ0n) is 11.7. The number of halogens is 1. The molecule has 0 aliphatic heterocycles. The van der Waals surface area contributed by atoms with Crippen LogP contribution in [0.2, 0.25) is 5.02 Å². The molecule has 1 saturated carbocycles. The van der Waals surface area contributed by atoms with Gasteiger partial charge in [0.2, 0.25) is 5.91 Å². The molecular formula is C15H21ClN2O2. The van der Waals surface area contributed by atoms with Crippen molar-refractivity contribution in [3.8, 4) is 0 Å². The zero-order chi connectivity index (χ0) is 14.6. The Morgan fingerprint density at radius 1 is 1.40 bits per heavy atom. The van der Waals surface area contributed by atoms with E-state index >= 15 is 0 Å². The lowest BCUT2D eigenvalue weighted by Crippen LogP contribution is -2.49. The third-order valence-electron chi connectivity index (χ3n) is 3.97. The van der Waals surface area contributed by atoms with Crippen LogP contribution in [0.3, 0.4) is 0 Å². The van der Waals surface area contributed by atoms with Gasteiger partial charge in [0.05, 0.1) is 23.9 Å². The molecule has 1 amide bonds. The summed E-state index contributed by atoms with van der Waals surface area (Å²) < 4.78 is 0. The van der Waals surface area contributed by atoms with E-state index in [0.717, 1.165) is 31.2 Å². The summed E-state index contributed by atoms with van der Waals surface area (Å²) >= 11 is 6.08. The summed E-state index contributed by atoms with van der Waals surface area (Å²) in [5.41, 5.74) is 1.31. The number of benzene rings is 1. The highest BCUT2D eigenvalue weighted by Gasteiger charge is 2.32. The number of carbonyl (C=O) groups excluding carboxylic acids is 1. The van der Waals surface area contributed by atoms with Crippen LogP contribution in [0, 0.1) is 6.92 Å². The van der Waals surface area contributed by atoms with E-state index in [-0.39, 0.29) is 24.6 Å². The summed E-state index contributed by atoms with van der Waals surface area (Å²) in [5, 5.41) is 16.1. The Morgan fingerprint density at radius 2 is 2.10 bits per heavy atom. The summed E-state index contributed by atoms with van der Waals surface area (Å²) in [4.78, 5) is 12.0. The van der Waals surface area contributed by atoms with Gasteiger partial charge in [-0.15, -0.1) is 0 Å². The Labute approximate surface area is 124 Å². The number of hydrogen-bond donors (Lipinski definition) is 3. The molecule has 0 unspecified atom stereocenters. The summed E-state index contributed by atoms with van der Waals surface area (Å²) in [5.74, 6) is -0.138. The standard InChI is InChI=1S/C15H21ClN2O2/c1-11-5-4-6-12(16)14(11)18-13(20)9-17-15(10-19)7-2-3-8-15/h4-6,17,19H,2-3,7-10H2,1H3,(H,18,20). The minimum atomic E-state index is -0.285. The number of anilines is 1. The summed E-state index contributed by atoms with van der Waals surface area (Å²) in [7, 11) is 0. The molecule has 1 aromatic rings. The fraction of sp³-hybridized carbons (Fsp3) is 0.533. The van der Waals surface area contributed by atoms with Crippen LogP contribution in [0.4, 0.5) is 5.69 Å². The van der Waals surface area contributed by atoms with Gasteiger partial charge in [-0.25, -0.2) is 0 Å². The van der Waals surface area contributed by atoms with Gasteiger partial charge in [-0.2, -0.15) is 0 Å². The zero-order valence-corrected chi connectivity index (χ0v) is 12.5. The van der Waals surface area contributed by atoms with Crippen molar-refractivity contribution in [3.63, 3.8) is 0 Å². The number of rotatable bonds is 5. The van der Waals surface area contributed by atoms with Gasteiger partial charge in [0, 0.05) is 5.54 Å². The molecule has 20 heavy (non-hydrogen) atoms. The molecule has 0 spiro atoms. The smallest absolute Gasteiger partial charge is 0.238 e. The normalized spacial score (nSPS) is 17.1. The molecule has 4 nitrogen and oxygen atoms in total. The number of aliphatic hydroxyl groups excluding tert-OH is 1. The van der Waals surface area contributed by atoms with Crippen molar-refractivity contribution < 1.29 is 9.90 Å². The van der Waals surface area contributed by atoms with Crippen molar-refractivity contribution in [1.82, 2.24) is 5.32 Å². The average Bonchev–Trinajstić information content (AvgIpc) is 2.90. The molecule has 1 aromatic carbocycles. The SMILES string of the molecule is Cc1cccc(Cl)c1NC(=O)CNC1(CO)CCCC1. The van der Waals surface area contributed by atoms with E-state index in [1.165, 1.54) is 0 Å². The molecule has 0 aromatic heterocycles. The van der Waals surface area contributed by atoms with Crippen LogP contribution in [0.15, 0.2) is 18.2 Å². The third kappa shape index (κ3) is 3.51. The van der Waals surface area contributed by atoms with Gasteiger partial charge in [-0.1, -0.05) is 36.6 Å². The summed E-state index contributed by atoms with van der Waals surface area (Å²) in [6, 6.07) is 5.51. The van der Waals surface area contributed by atoms with Crippen molar-refractivity contribution >= 4 is 23.2 Å². The number of nitrogens with one attached hydrogen (secondary N) is 2. The van der Waals surface area contributed by atoms with Crippen LogP contribution < -0.4 is 10.6 Å². The first-order valence-electron chi connectivity index (χ1n) is 6.97. The summed E-state index contributed by atoms with van der Waals surface area (Å²) in [6.07, 6.45) is 4.03. The van der Waals surface area contributed by atoms with E-state index in [2.05, 4.69) is 10.6 Å². The quantitative estimate of drug-likeness (QED) is 0.782. The average molecular weight is 297 g/mol. The van der Waals surface area contributed by atoms with Gasteiger partial charge in [0.15, 0.2) is 0 Å². The van der Waals surface area contributed by atoms with E-state index in [9.17, 15) is 9.90 Å². The van der Waals surface area contributed by atoms with Gasteiger partial charge >= 0.3 is 0 Å². The largest absolute Gasteiger partial charge is 0.394 e. The Bertz CT molecular complexity index is 465. The fourth-order valence-electron chi connectivity index (χ4n) is 2.68. The van der Waals surface area contributed by atoms with Crippen LogP contribution in [0.1, 0.15) is 31.2 Å². The first kappa shape index (κ1) is 15.3. The molecule has 0 bridgehead atoms. The van der Waals surface area contributed by atoms with Crippen molar-refractivity contribution in [3.05, 3.63) is 28.8 Å². The third-order valence-corrected chi connectivity index (χ3v) is 4.29. The first-order chi connectivity index (χ1) is 9.56. The molecule has 0 heterocycles. The van der Waals surface area contributed by atoms with Crippen LogP contribution in [-0.4, -0.2) is 29.7 Å². The van der Waals surface area contributed by atoms with Crippen molar-refractivity contribution in [2.45, 2.75) is 38.1 Å². The van der Waals surface area contributed by atoms with Gasteiger partial charge in [-0.05, 0) is 31.4 Å². The number of amides is 1. The molecule has 110 valence electrons. The summed E-state index contributed by atoms with van der Waals surface area (Å²) in [6.45, 7) is 2.16. The molecule has 0 atom stereocenters. The van der Waals surface area contributed by atoms with Gasteiger partial charge < -0.3 is 15.7 Å². The van der Waals surface area contributed by atoms with Crippen molar-refractivity contribution in [1.29, 1.82) is 0 Å². The highest BCUT2D eigenvalue weighted by molar-refractivity contribution is 6.33. The Kier molecular flexibility index (Phi) is 5.02. The second-order valence-electron chi connectivity index (χ2n) is 5.48. The lowest BCUT2D eigenvalue weighted by Gasteiger charge is -2.27. The highest BCUT2D eigenvalue weighted by atomic mass is 35.5. The molecule has 1 aliphatic rings. The Morgan fingerprint density at radius 3 is 2.70 bits per heavy atom. The van der Waals surface area contributed by atoms with Crippen LogP contribution in [0.25, 0.3) is 0 Å². The van der Waals surface area contributed by atoms with Crippen LogP contribution in [0.5, 0.6) is 0 Å². The van der Waals surface area contributed by atoms with Crippen LogP contribution >= 0.6 is 11.6 Å². The van der Waals surface area contributed by atoms with Crippen molar-refractivity contribution in [2.75, 3.05) is 18.5 Å². The minimum Gasteiger partial charge on any atom is -0.394 e. The number of hydrogen-bond acceptors (Lipinski definition) is 3. The van der Waals surface area contributed by atoms with E-state index in [1.807, 2.05) is 19.1 Å². The van der Waals surface area contributed by atoms with Crippen LogP contribution in [-0.2, 0) is 4.79 Å². The first-order valence-corrected chi connectivity index (χ1v) is 7.35. The van der Waals surface area contributed by atoms with E-state index in [0.29, 0.717) is 10.7 Å². The van der Waals surface area contributed by atoms with Gasteiger partial charge in [0.1, 0.15) is 0 Å². The van der Waals surface area contributed by atoms with E-state index < -0.39 is 0 Å². The fourth-order valence-corrected chi connectivity index (χ4v) is 2.95. The number of aryl methyl sites for hydroxylation is 1. The molecule has 0 saturated heterocycles. The van der Waals surface area contributed by atoms with E-state index in [4.69, 9.17) is 11.6 Å². The Balaban J connectivity index is 1.93. The predicted octanol–water partition coefficient (Wildman–Crippen LogP) is 2.48. The molecule has 1 aliphatic carbocycles. The molecular weight excluding hydrogens is 276 g/mol. The number of para-hydroxylation sites is 1. The monoisotopic (exact) mass is 296 g/mol. The van der Waals surface area contributed by atoms with Crippen molar-refractivity contribution in [2.24, 2.45) is 0 Å². The highest BCUT2D eigenvalue weighted by Crippen LogP contribution is 2.29. The molecule has 3 N–H and O–H groups in total. The molecule has 0 radical (unpaired) electrons. The maximum Gasteiger partial charge on any atom is 0.238 e. The minimum absolute atomic E-state index is 0.0748. The maximum absolute atomic E-state index is 12.0. The van der Waals surface area contributed by atoms with Gasteiger partial charge in [-0.3, -0.25) is 4.79 Å². The second-order valence-corrected chi connectivity index (χ2v) is 5.89. The lowest BCUT2D eigenvalue weighted by atomic mass is 9.99. The molecule has 2 rings (SSSR count). The topological polar surface area (TPSA) is 61.4 Å². The molecule has 5 heteroatoms. The van der Waals surface area contributed by atoms with E-state index in [1.54, 1.807) is 6.07 Å². The number of aliphatic hydroxyl groups is 1. The number of carbonyl (C=O) groups is 1. The van der Waals surface area contributed by atoms with Gasteiger partial charge in [0.25, 0.3) is 0 Å². The lowest BCUT2D eigenvalue weighted by molar-refractivity contribution is -0.115. The Hall–Kier alpha value is -1.10. The molecule has 1 fully saturated rings. The maximum atomic E-state index is 12.0. The predicted molar refractivity (Wildman–Crippen MR) is 81.1 cm³/mol.